The lowest BCUT2D eigenvalue weighted by atomic mass is 10.0. The third-order valence-electron chi connectivity index (χ3n) is 4.60. The molecule has 2 N–H and O–H groups in total. The number of hydrogen-bond acceptors (Lipinski definition) is 3. The fraction of sp³-hybridized carbons (Fsp3) is 0.368. The van der Waals surface area contributed by atoms with Crippen molar-refractivity contribution in [3.63, 3.8) is 0 Å². The van der Waals surface area contributed by atoms with E-state index in [4.69, 9.17) is 4.74 Å². The maximum atomic E-state index is 12.6. The zero-order chi connectivity index (χ0) is 17.9. The van der Waals surface area contributed by atoms with E-state index in [-0.39, 0.29) is 6.03 Å². The molecule has 132 valence electrons. The number of aliphatic carboxylic acids is 1. The average Bonchev–Trinajstić information content (AvgIpc) is 3.39. The second kappa shape index (κ2) is 7.11. The van der Waals surface area contributed by atoms with Crippen LogP contribution in [0.15, 0.2) is 42.5 Å². The van der Waals surface area contributed by atoms with E-state index in [0.717, 1.165) is 16.3 Å². The minimum absolute atomic E-state index is 0.370. The Kier molecular flexibility index (Phi) is 4.90. The molecule has 1 aliphatic rings. The molecule has 0 aliphatic heterocycles. The number of methoxy groups -OCH3 is 1. The highest BCUT2D eigenvalue weighted by Gasteiger charge is 2.52. The molecule has 25 heavy (non-hydrogen) atoms. The van der Waals surface area contributed by atoms with Crippen molar-refractivity contribution in [3.8, 4) is 0 Å². The maximum absolute atomic E-state index is 12.6. The lowest BCUT2D eigenvalue weighted by molar-refractivity contribution is -0.140. The van der Waals surface area contributed by atoms with Gasteiger partial charge in [0.15, 0.2) is 0 Å². The van der Waals surface area contributed by atoms with Crippen LogP contribution in [0.3, 0.4) is 0 Å². The van der Waals surface area contributed by atoms with Crippen molar-refractivity contribution >= 4 is 22.8 Å². The van der Waals surface area contributed by atoms with Gasteiger partial charge in [-0.1, -0.05) is 42.5 Å². The van der Waals surface area contributed by atoms with Crippen molar-refractivity contribution in [1.29, 1.82) is 0 Å². The first kappa shape index (κ1) is 17.2. The van der Waals surface area contributed by atoms with E-state index in [1.807, 2.05) is 42.5 Å². The number of amides is 2. The first-order valence-electron chi connectivity index (χ1n) is 8.32. The fourth-order valence-electron chi connectivity index (χ4n) is 2.89. The van der Waals surface area contributed by atoms with Crippen LogP contribution in [0.25, 0.3) is 10.8 Å². The van der Waals surface area contributed by atoms with Crippen molar-refractivity contribution in [2.45, 2.75) is 24.9 Å². The van der Waals surface area contributed by atoms with E-state index >= 15 is 0 Å². The Balaban J connectivity index is 1.80. The summed E-state index contributed by atoms with van der Waals surface area (Å²) >= 11 is 0. The number of benzene rings is 2. The maximum Gasteiger partial charge on any atom is 0.329 e. The van der Waals surface area contributed by atoms with E-state index in [1.54, 1.807) is 12.0 Å². The standard InChI is InChI=1S/C19H22N2O4/c1-25-12-11-21(18(24)20-19(9-10-19)17(22)23)13-15-7-4-6-14-5-2-3-8-16(14)15/h2-8H,9-13H2,1H3,(H,20,24)(H,22,23). The van der Waals surface area contributed by atoms with Crippen molar-refractivity contribution in [2.75, 3.05) is 20.3 Å². The van der Waals surface area contributed by atoms with Gasteiger partial charge in [-0.05, 0) is 29.2 Å². The Labute approximate surface area is 146 Å². The molecule has 0 aromatic heterocycles. The molecule has 0 radical (unpaired) electrons. The van der Waals surface area contributed by atoms with Gasteiger partial charge in [0, 0.05) is 20.2 Å². The molecule has 0 atom stereocenters. The molecule has 1 fully saturated rings. The number of carbonyl (C=O) groups is 2. The third-order valence-corrected chi connectivity index (χ3v) is 4.60. The van der Waals surface area contributed by atoms with E-state index in [9.17, 15) is 14.7 Å². The molecule has 0 heterocycles. The predicted molar refractivity (Wildman–Crippen MR) is 94.4 cm³/mol. The quantitative estimate of drug-likeness (QED) is 0.811. The number of nitrogens with zero attached hydrogens (tertiary/aromatic N) is 1. The SMILES string of the molecule is COCCN(Cc1cccc2ccccc12)C(=O)NC1(C(=O)O)CC1. The summed E-state index contributed by atoms with van der Waals surface area (Å²) in [7, 11) is 1.58. The van der Waals surface area contributed by atoms with Crippen LogP contribution in [-0.2, 0) is 16.1 Å². The molecule has 0 unspecified atom stereocenters. The van der Waals surface area contributed by atoms with Crippen LogP contribution in [-0.4, -0.2) is 47.8 Å². The Hall–Kier alpha value is -2.60. The zero-order valence-electron chi connectivity index (χ0n) is 14.2. The normalized spacial score (nSPS) is 14.9. The number of carboxylic acids is 1. The third kappa shape index (κ3) is 3.74. The largest absolute Gasteiger partial charge is 0.480 e. The molecule has 3 rings (SSSR count). The second-order valence-corrected chi connectivity index (χ2v) is 6.37. The predicted octanol–water partition coefficient (Wildman–Crippen LogP) is 2.62. The molecule has 2 amide bonds. The van der Waals surface area contributed by atoms with Crippen molar-refractivity contribution in [1.82, 2.24) is 10.2 Å². The monoisotopic (exact) mass is 342 g/mol. The Morgan fingerprint density at radius 1 is 1.20 bits per heavy atom. The molecule has 2 aromatic carbocycles. The van der Waals surface area contributed by atoms with Crippen LogP contribution in [0, 0.1) is 0 Å². The minimum Gasteiger partial charge on any atom is -0.480 e. The number of carboxylic acid groups (broad SMARTS) is 1. The van der Waals surface area contributed by atoms with Gasteiger partial charge in [0.1, 0.15) is 5.54 Å². The van der Waals surface area contributed by atoms with E-state index in [1.165, 1.54) is 0 Å². The first-order chi connectivity index (χ1) is 12.1. The molecule has 1 aliphatic carbocycles. The molecule has 0 spiro atoms. The van der Waals surface area contributed by atoms with Crippen molar-refractivity contribution < 1.29 is 19.4 Å². The highest BCUT2D eigenvalue weighted by Crippen LogP contribution is 2.35. The smallest absolute Gasteiger partial charge is 0.329 e. The second-order valence-electron chi connectivity index (χ2n) is 6.37. The van der Waals surface area contributed by atoms with Crippen molar-refractivity contribution in [3.05, 3.63) is 48.0 Å². The summed E-state index contributed by atoms with van der Waals surface area (Å²) in [5.74, 6) is -0.974. The van der Waals surface area contributed by atoms with Crippen LogP contribution >= 0.6 is 0 Å². The Morgan fingerprint density at radius 2 is 1.92 bits per heavy atom. The first-order valence-corrected chi connectivity index (χ1v) is 8.32. The number of nitrogens with one attached hydrogen (secondary N) is 1. The van der Waals surface area contributed by atoms with Gasteiger partial charge in [-0.25, -0.2) is 9.59 Å². The number of ether oxygens (including phenoxy) is 1. The number of rotatable bonds is 7. The molecule has 6 heteroatoms. The Morgan fingerprint density at radius 3 is 2.60 bits per heavy atom. The Bertz CT molecular complexity index is 781. The topological polar surface area (TPSA) is 78.9 Å². The minimum atomic E-state index is -1.10. The van der Waals surface area contributed by atoms with E-state index < -0.39 is 11.5 Å². The summed E-state index contributed by atoms with van der Waals surface area (Å²) in [5.41, 5.74) is -0.0780. The number of hydrogen-bond donors (Lipinski definition) is 2. The van der Waals surface area contributed by atoms with Gasteiger partial charge in [-0.2, -0.15) is 0 Å². The molecular weight excluding hydrogens is 320 g/mol. The van der Waals surface area contributed by atoms with Gasteiger partial charge in [0.05, 0.1) is 6.61 Å². The van der Waals surface area contributed by atoms with Crippen LogP contribution in [0.2, 0.25) is 0 Å². The van der Waals surface area contributed by atoms with Gasteiger partial charge in [0.25, 0.3) is 0 Å². The van der Waals surface area contributed by atoms with Crippen LogP contribution in [0.1, 0.15) is 18.4 Å². The average molecular weight is 342 g/mol. The molecule has 0 bridgehead atoms. The molecule has 2 aromatic rings. The van der Waals surface area contributed by atoms with Gasteiger partial charge >= 0.3 is 12.0 Å². The van der Waals surface area contributed by atoms with Gasteiger partial charge < -0.3 is 20.1 Å². The summed E-state index contributed by atoms with van der Waals surface area (Å²) < 4.78 is 5.10. The van der Waals surface area contributed by atoms with E-state index in [0.29, 0.717) is 32.5 Å². The van der Waals surface area contributed by atoms with Crippen molar-refractivity contribution in [2.24, 2.45) is 0 Å². The molecule has 0 saturated heterocycles. The molecular formula is C19H22N2O4. The summed E-state index contributed by atoms with van der Waals surface area (Å²) in [6.45, 7) is 1.17. The summed E-state index contributed by atoms with van der Waals surface area (Å²) in [6.07, 6.45) is 0.945. The fourth-order valence-corrected chi connectivity index (χ4v) is 2.89. The van der Waals surface area contributed by atoms with E-state index in [2.05, 4.69) is 5.32 Å². The molecule has 6 nitrogen and oxygen atoms in total. The molecule has 1 saturated carbocycles. The van der Waals surface area contributed by atoms with Crippen LogP contribution < -0.4 is 5.32 Å². The lowest BCUT2D eigenvalue weighted by Gasteiger charge is -2.25. The zero-order valence-corrected chi connectivity index (χ0v) is 14.2. The van der Waals surface area contributed by atoms with Crippen LogP contribution in [0.4, 0.5) is 4.79 Å². The summed E-state index contributed by atoms with van der Waals surface area (Å²) in [5, 5.41) is 14.2. The van der Waals surface area contributed by atoms with Gasteiger partial charge in [-0.3, -0.25) is 0 Å². The number of urea groups is 1. The summed E-state index contributed by atoms with van der Waals surface area (Å²) in [6, 6.07) is 13.6. The van der Waals surface area contributed by atoms with Gasteiger partial charge in [-0.15, -0.1) is 0 Å². The summed E-state index contributed by atoms with van der Waals surface area (Å²) in [4.78, 5) is 25.6. The van der Waals surface area contributed by atoms with Gasteiger partial charge in [0.2, 0.25) is 0 Å². The highest BCUT2D eigenvalue weighted by atomic mass is 16.5. The number of fused-ring (bicyclic) bond motifs is 1. The van der Waals surface area contributed by atoms with Crippen LogP contribution in [0.5, 0.6) is 0 Å². The number of carbonyl (C=O) groups excluding carboxylic acids is 1. The lowest BCUT2D eigenvalue weighted by Crippen LogP contribution is -2.50. The highest BCUT2D eigenvalue weighted by molar-refractivity contribution is 5.89.